The Labute approximate surface area is 112 Å². The Bertz CT molecular complexity index is 577. The highest BCUT2D eigenvalue weighted by molar-refractivity contribution is 5.81. The van der Waals surface area contributed by atoms with Gasteiger partial charge >= 0.3 is 0 Å². The minimum Gasteiger partial charge on any atom is -0.441 e. The molecular formula is C14H19N3O2. The van der Waals surface area contributed by atoms with Gasteiger partial charge in [0.05, 0.1) is 6.42 Å². The Hall–Kier alpha value is -1.88. The number of nitrogens with two attached hydrogens (primary N) is 1. The zero-order valence-corrected chi connectivity index (χ0v) is 11.3. The van der Waals surface area contributed by atoms with Gasteiger partial charge in [-0.25, -0.2) is 4.98 Å². The zero-order chi connectivity index (χ0) is 13.8. The maximum absolute atomic E-state index is 11.8. The van der Waals surface area contributed by atoms with Crippen LogP contribution in [0.4, 0.5) is 0 Å². The van der Waals surface area contributed by atoms with E-state index in [0.29, 0.717) is 31.3 Å². The molecular weight excluding hydrogens is 242 g/mol. The van der Waals surface area contributed by atoms with E-state index in [1.165, 1.54) is 0 Å². The number of hydrogen-bond acceptors (Lipinski definition) is 4. The van der Waals surface area contributed by atoms with Gasteiger partial charge in [0.15, 0.2) is 11.5 Å². The molecule has 1 atom stereocenters. The largest absolute Gasteiger partial charge is 0.441 e. The van der Waals surface area contributed by atoms with Crippen molar-refractivity contribution in [1.29, 1.82) is 0 Å². The summed E-state index contributed by atoms with van der Waals surface area (Å²) in [5.41, 5.74) is 7.97. The molecule has 102 valence electrons. The van der Waals surface area contributed by atoms with Crippen LogP contribution in [0, 0.1) is 12.8 Å². The van der Waals surface area contributed by atoms with E-state index in [2.05, 4.69) is 10.3 Å². The summed E-state index contributed by atoms with van der Waals surface area (Å²) in [6.45, 7) is 5.00. The Kier molecular flexibility index (Phi) is 4.16. The van der Waals surface area contributed by atoms with Gasteiger partial charge in [-0.05, 0) is 30.2 Å². The molecule has 1 aromatic carbocycles. The van der Waals surface area contributed by atoms with E-state index in [1.54, 1.807) is 6.92 Å². The highest BCUT2D eigenvalue weighted by Crippen LogP contribution is 2.17. The number of carbonyl (C=O) groups excluding carboxylic acids is 1. The molecule has 2 aromatic rings. The lowest BCUT2D eigenvalue weighted by atomic mass is 10.1. The number of aromatic nitrogens is 1. The lowest BCUT2D eigenvalue weighted by Gasteiger charge is -2.09. The lowest BCUT2D eigenvalue weighted by molar-refractivity contribution is -0.120. The molecule has 0 aliphatic heterocycles. The molecule has 1 heterocycles. The van der Waals surface area contributed by atoms with E-state index in [9.17, 15) is 4.79 Å². The molecule has 1 aromatic heterocycles. The first-order valence-corrected chi connectivity index (χ1v) is 6.41. The van der Waals surface area contributed by atoms with Crippen molar-refractivity contribution in [1.82, 2.24) is 10.3 Å². The number of benzene rings is 1. The number of aryl methyl sites for hydroxylation is 1. The molecule has 0 radical (unpaired) electrons. The van der Waals surface area contributed by atoms with E-state index in [0.717, 1.165) is 16.7 Å². The third-order valence-corrected chi connectivity index (χ3v) is 2.97. The third kappa shape index (κ3) is 3.54. The average Bonchev–Trinajstić information content (AvgIpc) is 2.75. The van der Waals surface area contributed by atoms with Crippen LogP contribution in [0.3, 0.4) is 0 Å². The van der Waals surface area contributed by atoms with E-state index in [4.69, 9.17) is 10.2 Å². The lowest BCUT2D eigenvalue weighted by Crippen LogP contribution is -2.32. The zero-order valence-electron chi connectivity index (χ0n) is 11.3. The number of rotatable bonds is 5. The van der Waals surface area contributed by atoms with Crippen molar-refractivity contribution in [3.8, 4) is 0 Å². The molecule has 0 saturated carbocycles. The van der Waals surface area contributed by atoms with E-state index in [-0.39, 0.29) is 5.91 Å². The summed E-state index contributed by atoms with van der Waals surface area (Å²) in [7, 11) is 0. The number of hydrogen-bond donors (Lipinski definition) is 2. The van der Waals surface area contributed by atoms with Crippen molar-refractivity contribution < 1.29 is 9.21 Å². The van der Waals surface area contributed by atoms with Gasteiger partial charge in [0.1, 0.15) is 5.52 Å². The fraction of sp³-hybridized carbons (Fsp3) is 0.429. The fourth-order valence-electron chi connectivity index (χ4n) is 1.82. The number of amides is 1. The Morgan fingerprint density at radius 2 is 2.32 bits per heavy atom. The first-order chi connectivity index (χ1) is 9.08. The average molecular weight is 261 g/mol. The maximum Gasteiger partial charge on any atom is 0.224 e. The van der Waals surface area contributed by atoms with Crippen LogP contribution < -0.4 is 11.1 Å². The van der Waals surface area contributed by atoms with Crippen molar-refractivity contribution in [2.45, 2.75) is 20.3 Å². The molecule has 3 N–H and O–H groups in total. The van der Waals surface area contributed by atoms with Crippen molar-refractivity contribution in [3.63, 3.8) is 0 Å². The topological polar surface area (TPSA) is 81.2 Å². The smallest absolute Gasteiger partial charge is 0.224 e. The standard InChI is InChI=1S/C14H19N3O2/c1-9(7-15)8-16-14(18)6-11-3-4-13-12(5-11)17-10(2)19-13/h3-5,9H,6-8,15H2,1-2H3,(H,16,18). The Balaban J connectivity index is 1.98. The van der Waals surface area contributed by atoms with Gasteiger partial charge in [-0.1, -0.05) is 13.0 Å². The molecule has 5 heteroatoms. The number of carbonyl (C=O) groups is 1. The molecule has 0 spiro atoms. The van der Waals surface area contributed by atoms with Crippen molar-refractivity contribution >= 4 is 17.0 Å². The van der Waals surface area contributed by atoms with Crippen LogP contribution in [0.5, 0.6) is 0 Å². The SMILES string of the molecule is Cc1nc2cc(CC(=O)NCC(C)CN)ccc2o1. The van der Waals surface area contributed by atoms with Crippen molar-refractivity contribution in [2.75, 3.05) is 13.1 Å². The summed E-state index contributed by atoms with van der Waals surface area (Å²) in [6, 6.07) is 5.62. The van der Waals surface area contributed by atoms with Gasteiger partial charge in [0.25, 0.3) is 0 Å². The molecule has 5 nitrogen and oxygen atoms in total. The second-order valence-corrected chi connectivity index (χ2v) is 4.86. The van der Waals surface area contributed by atoms with Crippen LogP contribution in [0.15, 0.2) is 22.6 Å². The number of oxazole rings is 1. The highest BCUT2D eigenvalue weighted by Gasteiger charge is 2.08. The summed E-state index contributed by atoms with van der Waals surface area (Å²) >= 11 is 0. The first kappa shape index (κ1) is 13.5. The van der Waals surface area contributed by atoms with Crippen LogP contribution in [0.2, 0.25) is 0 Å². The summed E-state index contributed by atoms with van der Waals surface area (Å²) in [5, 5.41) is 2.87. The van der Waals surface area contributed by atoms with Gasteiger partial charge in [-0.2, -0.15) is 0 Å². The van der Waals surface area contributed by atoms with Crippen molar-refractivity contribution in [2.24, 2.45) is 11.7 Å². The van der Waals surface area contributed by atoms with E-state index >= 15 is 0 Å². The Morgan fingerprint density at radius 3 is 3.05 bits per heavy atom. The number of nitrogens with zero attached hydrogens (tertiary/aromatic N) is 1. The molecule has 0 aliphatic carbocycles. The normalized spacial score (nSPS) is 12.6. The van der Waals surface area contributed by atoms with Gasteiger partial charge in [0.2, 0.25) is 5.91 Å². The van der Waals surface area contributed by atoms with Crippen LogP contribution in [-0.4, -0.2) is 24.0 Å². The van der Waals surface area contributed by atoms with Gasteiger partial charge in [-0.3, -0.25) is 4.79 Å². The Morgan fingerprint density at radius 1 is 1.53 bits per heavy atom. The summed E-state index contributed by atoms with van der Waals surface area (Å²) in [6.07, 6.45) is 0.346. The molecule has 0 fully saturated rings. The molecule has 0 saturated heterocycles. The molecule has 1 unspecified atom stereocenters. The first-order valence-electron chi connectivity index (χ1n) is 6.41. The highest BCUT2D eigenvalue weighted by atomic mass is 16.3. The van der Waals surface area contributed by atoms with Crippen LogP contribution in [0.25, 0.3) is 11.1 Å². The minimum atomic E-state index is -0.000123. The molecule has 2 rings (SSSR count). The van der Waals surface area contributed by atoms with Crippen LogP contribution >= 0.6 is 0 Å². The third-order valence-electron chi connectivity index (χ3n) is 2.97. The molecule has 1 amide bonds. The minimum absolute atomic E-state index is 0.000123. The monoisotopic (exact) mass is 261 g/mol. The van der Waals surface area contributed by atoms with Gasteiger partial charge in [0, 0.05) is 13.5 Å². The summed E-state index contributed by atoms with van der Waals surface area (Å²) in [4.78, 5) is 16.0. The predicted molar refractivity (Wildman–Crippen MR) is 73.7 cm³/mol. The second-order valence-electron chi connectivity index (χ2n) is 4.86. The molecule has 0 aliphatic rings. The van der Waals surface area contributed by atoms with E-state index in [1.807, 2.05) is 25.1 Å². The molecule has 19 heavy (non-hydrogen) atoms. The second kappa shape index (κ2) is 5.84. The fourth-order valence-corrected chi connectivity index (χ4v) is 1.82. The van der Waals surface area contributed by atoms with Crippen LogP contribution in [0.1, 0.15) is 18.4 Å². The predicted octanol–water partition coefficient (Wildman–Crippen LogP) is 1.39. The van der Waals surface area contributed by atoms with E-state index < -0.39 is 0 Å². The van der Waals surface area contributed by atoms with Crippen molar-refractivity contribution in [3.05, 3.63) is 29.7 Å². The summed E-state index contributed by atoms with van der Waals surface area (Å²) < 4.78 is 5.40. The number of nitrogens with one attached hydrogen (secondary N) is 1. The summed E-state index contributed by atoms with van der Waals surface area (Å²) in [5.74, 6) is 0.929. The number of fused-ring (bicyclic) bond motifs is 1. The van der Waals surface area contributed by atoms with Gasteiger partial charge < -0.3 is 15.5 Å². The quantitative estimate of drug-likeness (QED) is 0.852. The maximum atomic E-state index is 11.8. The molecule has 0 bridgehead atoms. The van der Waals surface area contributed by atoms with Crippen LogP contribution in [-0.2, 0) is 11.2 Å². The van der Waals surface area contributed by atoms with Gasteiger partial charge in [-0.15, -0.1) is 0 Å².